The molecule has 0 atom stereocenters. The molecule has 2 heterocycles. The molecule has 5 nitrogen and oxygen atoms in total. The Hall–Kier alpha value is -2.76. The molecular weight excluding hydrogens is 281 g/mol. The molecular formula is C16H16FN5. The van der Waals surface area contributed by atoms with Crippen molar-refractivity contribution in [1.29, 1.82) is 0 Å². The van der Waals surface area contributed by atoms with Crippen LogP contribution in [0.4, 0.5) is 10.2 Å². The first-order valence-corrected chi connectivity index (χ1v) is 6.85. The van der Waals surface area contributed by atoms with E-state index in [2.05, 4.69) is 15.1 Å². The topological polar surface area (TPSA) is 46.8 Å². The summed E-state index contributed by atoms with van der Waals surface area (Å²) in [6, 6.07) is 9.69. The van der Waals surface area contributed by atoms with Gasteiger partial charge in [0, 0.05) is 38.5 Å². The summed E-state index contributed by atoms with van der Waals surface area (Å²) in [5.74, 6) is 0.325. The predicted molar refractivity (Wildman–Crippen MR) is 84.0 cm³/mol. The Morgan fingerprint density at radius 1 is 1.14 bits per heavy atom. The average molecular weight is 297 g/mol. The molecule has 0 N–H and O–H groups in total. The molecule has 0 aliphatic heterocycles. The van der Waals surface area contributed by atoms with Crippen LogP contribution in [0.1, 0.15) is 0 Å². The second kappa shape index (κ2) is 5.55. The van der Waals surface area contributed by atoms with Crippen molar-refractivity contribution < 1.29 is 4.39 Å². The van der Waals surface area contributed by atoms with Crippen LogP contribution < -0.4 is 4.90 Å². The van der Waals surface area contributed by atoms with Crippen LogP contribution in [-0.2, 0) is 7.05 Å². The first kappa shape index (κ1) is 14.2. The summed E-state index contributed by atoms with van der Waals surface area (Å²) in [5, 5.41) is 4.38. The van der Waals surface area contributed by atoms with Gasteiger partial charge in [0.1, 0.15) is 0 Å². The van der Waals surface area contributed by atoms with E-state index in [4.69, 9.17) is 0 Å². The monoisotopic (exact) mass is 297 g/mol. The Morgan fingerprint density at radius 3 is 2.59 bits per heavy atom. The summed E-state index contributed by atoms with van der Waals surface area (Å²) in [5.41, 5.74) is 2.67. The maximum absolute atomic E-state index is 13.7. The minimum atomic E-state index is -0.436. The minimum Gasteiger partial charge on any atom is -0.360 e. The van der Waals surface area contributed by atoms with Crippen molar-refractivity contribution >= 4 is 5.82 Å². The van der Waals surface area contributed by atoms with Crippen LogP contribution in [0.2, 0.25) is 0 Å². The molecule has 0 spiro atoms. The third-order valence-corrected chi connectivity index (χ3v) is 3.28. The Bertz CT molecular complexity index is 810. The van der Waals surface area contributed by atoms with Crippen LogP contribution in [0.25, 0.3) is 22.6 Å². The van der Waals surface area contributed by atoms with Gasteiger partial charge in [0.15, 0.2) is 17.5 Å². The molecule has 3 rings (SSSR count). The molecule has 0 radical (unpaired) electrons. The molecule has 6 heteroatoms. The van der Waals surface area contributed by atoms with E-state index in [0.29, 0.717) is 5.82 Å². The van der Waals surface area contributed by atoms with E-state index in [-0.39, 0.29) is 5.82 Å². The molecule has 0 unspecified atom stereocenters. The highest BCUT2D eigenvalue weighted by molar-refractivity contribution is 5.68. The average Bonchev–Trinajstić information content (AvgIpc) is 2.94. The van der Waals surface area contributed by atoms with Crippen molar-refractivity contribution in [1.82, 2.24) is 19.7 Å². The van der Waals surface area contributed by atoms with Crippen LogP contribution >= 0.6 is 0 Å². The normalized spacial score (nSPS) is 10.7. The lowest BCUT2D eigenvalue weighted by Gasteiger charge is -2.13. The van der Waals surface area contributed by atoms with Crippen LogP contribution in [0.15, 0.2) is 42.7 Å². The number of hydrogen-bond donors (Lipinski definition) is 0. The van der Waals surface area contributed by atoms with Gasteiger partial charge in [-0.3, -0.25) is 4.68 Å². The molecule has 22 heavy (non-hydrogen) atoms. The molecule has 0 amide bonds. The summed E-state index contributed by atoms with van der Waals surface area (Å²) in [6.45, 7) is 0. The fourth-order valence-electron chi connectivity index (χ4n) is 2.20. The summed E-state index contributed by atoms with van der Waals surface area (Å²) in [6.07, 6.45) is 3.09. The van der Waals surface area contributed by atoms with Gasteiger partial charge in [-0.2, -0.15) is 5.10 Å². The quantitative estimate of drug-likeness (QED) is 0.746. The SMILES string of the molecule is CN(C)c1nc(-c2cccc(-c3ccn(C)n3)c2)ncc1F. The number of rotatable bonds is 3. The molecule has 0 saturated carbocycles. The molecule has 2 aromatic heterocycles. The van der Waals surface area contributed by atoms with Crippen molar-refractivity contribution in [2.45, 2.75) is 0 Å². The number of anilines is 1. The third-order valence-electron chi connectivity index (χ3n) is 3.28. The second-order valence-electron chi connectivity index (χ2n) is 5.22. The highest BCUT2D eigenvalue weighted by Crippen LogP contribution is 2.24. The Morgan fingerprint density at radius 2 is 1.91 bits per heavy atom. The van der Waals surface area contributed by atoms with Crippen molar-refractivity contribution in [2.24, 2.45) is 7.05 Å². The molecule has 0 fully saturated rings. The van der Waals surface area contributed by atoms with Gasteiger partial charge in [-0.05, 0) is 12.1 Å². The van der Waals surface area contributed by atoms with E-state index in [0.717, 1.165) is 16.8 Å². The Balaban J connectivity index is 2.04. The molecule has 0 aliphatic rings. The molecule has 0 aliphatic carbocycles. The lowest BCUT2D eigenvalue weighted by Crippen LogP contribution is -2.13. The zero-order valence-corrected chi connectivity index (χ0v) is 12.7. The zero-order chi connectivity index (χ0) is 15.7. The van der Waals surface area contributed by atoms with Crippen LogP contribution in [-0.4, -0.2) is 33.8 Å². The second-order valence-corrected chi connectivity index (χ2v) is 5.22. The van der Waals surface area contributed by atoms with Gasteiger partial charge in [-0.15, -0.1) is 0 Å². The largest absolute Gasteiger partial charge is 0.360 e. The number of hydrogen-bond acceptors (Lipinski definition) is 4. The van der Waals surface area contributed by atoms with E-state index in [1.165, 1.54) is 6.20 Å². The summed E-state index contributed by atoms with van der Waals surface area (Å²) in [4.78, 5) is 10.0. The van der Waals surface area contributed by atoms with Crippen molar-refractivity contribution in [3.8, 4) is 22.6 Å². The highest BCUT2D eigenvalue weighted by Gasteiger charge is 2.11. The lowest BCUT2D eigenvalue weighted by molar-refractivity contribution is 0.612. The lowest BCUT2D eigenvalue weighted by atomic mass is 10.1. The van der Waals surface area contributed by atoms with Gasteiger partial charge in [-0.25, -0.2) is 14.4 Å². The van der Waals surface area contributed by atoms with E-state index in [1.807, 2.05) is 43.6 Å². The maximum Gasteiger partial charge on any atom is 0.183 e. The predicted octanol–water partition coefficient (Wildman–Crippen LogP) is 2.75. The first-order valence-electron chi connectivity index (χ1n) is 6.85. The summed E-state index contributed by atoms with van der Waals surface area (Å²) < 4.78 is 15.5. The van der Waals surface area contributed by atoms with Gasteiger partial charge < -0.3 is 4.90 Å². The van der Waals surface area contributed by atoms with Gasteiger partial charge in [0.2, 0.25) is 0 Å². The number of benzene rings is 1. The number of aromatic nitrogens is 4. The standard InChI is InChI=1S/C16H16FN5/c1-21(2)16-13(17)10-18-15(19-16)12-6-4-5-11(9-12)14-7-8-22(3)20-14/h4-10H,1-3H3. The fraction of sp³-hybridized carbons (Fsp3) is 0.188. The van der Waals surface area contributed by atoms with Crippen molar-refractivity contribution in [3.63, 3.8) is 0 Å². The Kier molecular flexibility index (Phi) is 3.58. The van der Waals surface area contributed by atoms with E-state index in [9.17, 15) is 4.39 Å². The highest BCUT2D eigenvalue weighted by atomic mass is 19.1. The molecule has 0 bridgehead atoms. The van der Waals surface area contributed by atoms with E-state index < -0.39 is 5.82 Å². The molecule has 1 aromatic carbocycles. The fourth-order valence-corrected chi connectivity index (χ4v) is 2.20. The van der Waals surface area contributed by atoms with Crippen LogP contribution in [0.5, 0.6) is 0 Å². The summed E-state index contributed by atoms with van der Waals surface area (Å²) >= 11 is 0. The number of aryl methyl sites for hydroxylation is 1. The van der Waals surface area contributed by atoms with Gasteiger partial charge in [0.05, 0.1) is 11.9 Å². The van der Waals surface area contributed by atoms with Gasteiger partial charge in [-0.1, -0.05) is 18.2 Å². The maximum atomic E-state index is 13.7. The van der Waals surface area contributed by atoms with E-state index >= 15 is 0 Å². The molecule has 0 saturated heterocycles. The molecule has 3 aromatic rings. The first-order chi connectivity index (χ1) is 10.5. The number of nitrogens with zero attached hydrogens (tertiary/aromatic N) is 5. The van der Waals surface area contributed by atoms with Crippen LogP contribution in [0.3, 0.4) is 0 Å². The zero-order valence-electron chi connectivity index (χ0n) is 12.7. The van der Waals surface area contributed by atoms with Crippen molar-refractivity contribution in [2.75, 3.05) is 19.0 Å². The number of halogens is 1. The van der Waals surface area contributed by atoms with E-state index in [1.54, 1.807) is 23.7 Å². The molecule has 112 valence electrons. The van der Waals surface area contributed by atoms with Gasteiger partial charge >= 0.3 is 0 Å². The minimum absolute atomic E-state index is 0.272. The summed E-state index contributed by atoms with van der Waals surface area (Å²) in [7, 11) is 5.37. The smallest absolute Gasteiger partial charge is 0.183 e. The third kappa shape index (κ3) is 2.67. The van der Waals surface area contributed by atoms with Crippen molar-refractivity contribution in [3.05, 3.63) is 48.5 Å². The van der Waals surface area contributed by atoms with Gasteiger partial charge in [0.25, 0.3) is 0 Å². The van der Waals surface area contributed by atoms with Crippen LogP contribution in [0, 0.1) is 5.82 Å². The Labute approximate surface area is 128 Å².